The van der Waals surface area contributed by atoms with Crippen LogP contribution in [-0.2, 0) is 5.41 Å². The first-order valence-corrected chi connectivity index (χ1v) is 23.7. The number of hydrogen-bond acceptors (Lipinski definition) is 1. The maximum atomic E-state index is 2.55. The molecule has 2 aliphatic carbocycles. The van der Waals surface area contributed by atoms with Crippen LogP contribution in [0.25, 0.3) is 88.0 Å². The van der Waals surface area contributed by atoms with Crippen molar-refractivity contribution in [3.05, 3.63) is 283 Å². The molecule has 68 heavy (non-hydrogen) atoms. The van der Waals surface area contributed by atoms with Crippen LogP contribution in [0.2, 0.25) is 0 Å². The maximum Gasteiger partial charge on any atom is 0.0714 e. The number of nitrogens with zero attached hydrogens (tertiary/aromatic N) is 1. The standard InChI is InChI=1S/C67H43N/c1-3-20-44(21-4-1)67(45-22-5-2-6-23-45)63-35-18-17-34-60(63)66-64(67)36-19-37-65(66)68(47-39-41-59-55-31-12-10-27-51(55)53-29-14-16-33-57(53)62(59)43-47)46-38-40-58-54-30-11-9-26-50(54)48-24-7-8-25-49(48)52-28-13-15-32-56(52)61(58)42-46/h1-43H. The van der Waals surface area contributed by atoms with E-state index in [-0.39, 0.29) is 0 Å². The van der Waals surface area contributed by atoms with Gasteiger partial charge >= 0.3 is 0 Å². The molecule has 0 aliphatic heterocycles. The van der Waals surface area contributed by atoms with Crippen molar-refractivity contribution in [3.8, 4) is 55.6 Å². The van der Waals surface area contributed by atoms with E-state index >= 15 is 0 Å². The number of rotatable bonds is 5. The van der Waals surface area contributed by atoms with E-state index in [0.717, 1.165) is 17.1 Å². The van der Waals surface area contributed by atoms with Crippen molar-refractivity contribution >= 4 is 49.4 Å². The SMILES string of the molecule is c1ccc(C2(c3ccccc3)c3ccccc3-c3c(N(c4ccc5c(c4)-c4ccccc4-c4ccccc4-c4ccccc4-5)c4ccc5c6ccccc6c6ccccc6c5c4)cccc32)cc1. The number of benzene rings is 12. The van der Waals surface area contributed by atoms with E-state index in [1.807, 2.05) is 0 Å². The Morgan fingerprint density at radius 1 is 0.235 bits per heavy atom. The molecule has 316 valence electrons. The fourth-order valence-electron chi connectivity index (χ4n) is 12.1. The smallest absolute Gasteiger partial charge is 0.0714 e. The van der Waals surface area contributed by atoms with Crippen LogP contribution in [0.1, 0.15) is 22.3 Å². The van der Waals surface area contributed by atoms with Crippen molar-refractivity contribution in [2.75, 3.05) is 4.90 Å². The normalized spacial score (nSPS) is 12.8. The summed E-state index contributed by atoms with van der Waals surface area (Å²) >= 11 is 0. The van der Waals surface area contributed by atoms with Gasteiger partial charge in [0.25, 0.3) is 0 Å². The molecule has 0 unspecified atom stereocenters. The second-order valence-corrected chi connectivity index (χ2v) is 18.3. The van der Waals surface area contributed by atoms with Crippen molar-refractivity contribution in [2.45, 2.75) is 5.41 Å². The van der Waals surface area contributed by atoms with Gasteiger partial charge in [-0.15, -0.1) is 0 Å². The highest BCUT2D eigenvalue weighted by Crippen LogP contribution is 2.60. The Balaban J connectivity index is 1.10. The molecule has 12 aromatic rings. The summed E-state index contributed by atoms with van der Waals surface area (Å²) in [6.07, 6.45) is 0. The van der Waals surface area contributed by atoms with Crippen molar-refractivity contribution in [1.82, 2.24) is 0 Å². The summed E-state index contributed by atoms with van der Waals surface area (Å²) in [6, 6.07) is 97.3. The van der Waals surface area contributed by atoms with Crippen molar-refractivity contribution in [1.29, 1.82) is 0 Å². The third-order valence-corrected chi connectivity index (χ3v) is 14.9. The van der Waals surface area contributed by atoms with Crippen molar-refractivity contribution in [3.63, 3.8) is 0 Å². The summed E-state index contributed by atoms with van der Waals surface area (Å²) in [6.45, 7) is 0. The quantitative estimate of drug-likeness (QED) is 0.156. The predicted molar refractivity (Wildman–Crippen MR) is 286 cm³/mol. The van der Waals surface area contributed by atoms with Gasteiger partial charge in [-0.25, -0.2) is 0 Å². The molecule has 0 saturated heterocycles. The molecule has 0 aromatic heterocycles. The van der Waals surface area contributed by atoms with E-state index in [1.54, 1.807) is 0 Å². The Hall–Kier alpha value is -8.78. The Bertz CT molecular complexity index is 3900. The molecule has 0 radical (unpaired) electrons. The fourth-order valence-corrected chi connectivity index (χ4v) is 12.1. The third-order valence-electron chi connectivity index (χ3n) is 14.9. The lowest BCUT2D eigenvalue weighted by atomic mass is 9.68. The Morgan fingerprint density at radius 3 is 1.16 bits per heavy atom. The lowest BCUT2D eigenvalue weighted by Gasteiger charge is -2.34. The van der Waals surface area contributed by atoms with Crippen molar-refractivity contribution in [2.24, 2.45) is 0 Å². The average molecular weight is 862 g/mol. The van der Waals surface area contributed by atoms with Crippen LogP contribution >= 0.6 is 0 Å². The molecule has 0 bridgehead atoms. The van der Waals surface area contributed by atoms with E-state index < -0.39 is 5.41 Å². The zero-order chi connectivity index (χ0) is 44.8. The molecule has 0 amide bonds. The maximum absolute atomic E-state index is 2.55. The van der Waals surface area contributed by atoms with Crippen LogP contribution in [0.5, 0.6) is 0 Å². The lowest BCUT2D eigenvalue weighted by molar-refractivity contribution is 0.768. The van der Waals surface area contributed by atoms with Gasteiger partial charge in [-0.05, 0) is 135 Å². The van der Waals surface area contributed by atoms with Crippen LogP contribution in [0.4, 0.5) is 17.1 Å². The summed E-state index contributed by atoms with van der Waals surface area (Å²) in [5.41, 5.74) is 20.2. The number of fused-ring (bicyclic) bond motifs is 17. The zero-order valence-corrected chi connectivity index (χ0v) is 37.3. The summed E-state index contributed by atoms with van der Waals surface area (Å²) in [5.74, 6) is 0. The van der Waals surface area contributed by atoms with E-state index in [1.165, 1.54) is 110 Å². The molecule has 12 aromatic carbocycles. The summed E-state index contributed by atoms with van der Waals surface area (Å²) in [5, 5.41) is 7.54. The zero-order valence-electron chi connectivity index (χ0n) is 37.3. The lowest BCUT2D eigenvalue weighted by Crippen LogP contribution is -2.28. The molecule has 0 heterocycles. The molecular formula is C67H43N. The molecule has 0 spiro atoms. The Labute approximate surface area is 396 Å². The monoisotopic (exact) mass is 861 g/mol. The molecule has 14 rings (SSSR count). The fraction of sp³-hybridized carbons (Fsp3) is 0.0149. The summed E-state index contributed by atoms with van der Waals surface area (Å²) < 4.78 is 0. The Morgan fingerprint density at radius 2 is 0.618 bits per heavy atom. The van der Waals surface area contributed by atoms with Crippen LogP contribution in [0, 0.1) is 0 Å². The molecule has 0 saturated carbocycles. The van der Waals surface area contributed by atoms with Gasteiger partial charge in [0, 0.05) is 16.9 Å². The highest BCUT2D eigenvalue weighted by molar-refractivity contribution is 6.26. The van der Waals surface area contributed by atoms with Gasteiger partial charge in [-0.3, -0.25) is 0 Å². The summed E-state index contributed by atoms with van der Waals surface area (Å²) in [7, 11) is 0. The number of hydrogen-bond donors (Lipinski definition) is 0. The number of anilines is 3. The Kier molecular flexibility index (Phi) is 8.57. The second-order valence-electron chi connectivity index (χ2n) is 18.3. The first kappa shape index (κ1) is 38.5. The minimum atomic E-state index is -0.545. The van der Waals surface area contributed by atoms with Gasteiger partial charge in [0.2, 0.25) is 0 Å². The van der Waals surface area contributed by atoms with E-state index in [0.29, 0.717) is 0 Å². The van der Waals surface area contributed by atoms with Gasteiger partial charge in [0.1, 0.15) is 0 Å². The predicted octanol–water partition coefficient (Wildman–Crippen LogP) is 18.0. The van der Waals surface area contributed by atoms with E-state index in [2.05, 4.69) is 266 Å². The van der Waals surface area contributed by atoms with Gasteiger partial charge in [0.05, 0.1) is 11.1 Å². The molecule has 1 heteroatoms. The van der Waals surface area contributed by atoms with E-state index in [9.17, 15) is 0 Å². The van der Waals surface area contributed by atoms with Crippen LogP contribution in [0.3, 0.4) is 0 Å². The van der Waals surface area contributed by atoms with Gasteiger partial charge < -0.3 is 4.90 Å². The van der Waals surface area contributed by atoms with Gasteiger partial charge in [0.15, 0.2) is 0 Å². The third kappa shape index (κ3) is 5.51. The minimum Gasteiger partial charge on any atom is -0.310 e. The first-order chi connectivity index (χ1) is 33.8. The summed E-state index contributed by atoms with van der Waals surface area (Å²) in [4.78, 5) is 2.55. The molecule has 0 fully saturated rings. The minimum absolute atomic E-state index is 0.545. The molecular weight excluding hydrogens is 819 g/mol. The molecule has 1 nitrogen and oxygen atoms in total. The molecule has 2 aliphatic rings. The van der Waals surface area contributed by atoms with Crippen molar-refractivity contribution < 1.29 is 0 Å². The van der Waals surface area contributed by atoms with Gasteiger partial charge in [-0.2, -0.15) is 0 Å². The molecule has 0 atom stereocenters. The topological polar surface area (TPSA) is 3.24 Å². The molecule has 0 N–H and O–H groups in total. The van der Waals surface area contributed by atoms with Crippen LogP contribution < -0.4 is 4.90 Å². The average Bonchev–Trinajstić information content (AvgIpc) is 3.73. The largest absolute Gasteiger partial charge is 0.310 e. The van der Waals surface area contributed by atoms with Crippen LogP contribution in [0.15, 0.2) is 261 Å². The van der Waals surface area contributed by atoms with E-state index in [4.69, 9.17) is 0 Å². The van der Waals surface area contributed by atoms with Crippen LogP contribution in [-0.4, -0.2) is 0 Å². The highest BCUT2D eigenvalue weighted by Gasteiger charge is 2.47. The highest BCUT2D eigenvalue weighted by atomic mass is 15.1. The van der Waals surface area contributed by atoms with Gasteiger partial charge in [-0.1, -0.05) is 231 Å². The second kappa shape index (κ2) is 15.1. The first-order valence-electron chi connectivity index (χ1n) is 23.7.